The third-order valence-corrected chi connectivity index (χ3v) is 3.32. The summed E-state index contributed by atoms with van der Waals surface area (Å²) in [6, 6.07) is 11.6. The molecule has 3 rings (SSSR count). The summed E-state index contributed by atoms with van der Waals surface area (Å²) in [7, 11) is 0. The topological polar surface area (TPSA) is 48.6 Å². The van der Waals surface area contributed by atoms with E-state index in [1.165, 1.54) is 0 Å². The number of hydrogen-bond donors (Lipinski definition) is 2. The molecule has 0 unspecified atom stereocenters. The van der Waals surface area contributed by atoms with Crippen molar-refractivity contribution in [1.29, 1.82) is 0 Å². The van der Waals surface area contributed by atoms with Gasteiger partial charge in [-0.15, -0.1) is 0 Å². The standard InChI is InChI=1S/C16H14N2O/c1-3-11-9-15(17-10(11)2)13-8-12-6-4-5-7-14(12)18-16(13)19/h3-9,17H,1H2,2H3,(H,18,19). The van der Waals surface area contributed by atoms with Gasteiger partial charge in [0.15, 0.2) is 0 Å². The highest BCUT2D eigenvalue weighted by Crippen LogP contribution is 2.22. The first-order valence-electron chi connectivity index (χ1n) is 6.13. The van der Waals surface area contributed by atoms with E-state index >= 15 is 0 Å². The van der Waals surface area contributed by atoms with E-state index in [2.05, 4.69) is 16.5 Å². The van der Waals surface area contributed by atoms with Crippen LogP contribution in [0.1, 0.15) is 11.3 Å². The van der Waals surface area contributed by atoms with Crippen LogP contribution in [-0.4, -0.2) is 9.97 Å². The van der Waals surface area contributed by atoms with Crippen LogP contribution in [0.2, 0.25) is 0 Å². The molecule has 0 aliphatic heterocycles. The summed E-state index contributed by atoms with van der Waals surface area (Å²) >= 11 is 0. The number of hydrogen-bond acceptors (Lipinski definition) is 1. The molecule has 0 spiro atoms. The molecule has 1 aromatic carbocycles. The second-order valence-electron chi connectivity index (χ2n) is 4.57. The van der Waals surface area contributed by atoms with Gasteiger partial charge in [0.2, 0.25) is 0 Å². The normalized spacial score (nSPS) is 10.8. The highest BCUT2D eigenvalue weighted by Gasteiger charge is 2.09. The lowest BCUT2D eigenvalue weighted by Crippen LogP contribution is -2.08. The van der Waals surface area contributed by atoms with Crippen LogP contribution < -0.4 is 5.56 Å². The Morgan fingerprint density at radius 1 is 1.16 bits per heavy atom. The van der Waals surface area contributed by atoms with E-state index in [4.69, 9.17) is 0 Å². The molecule has 0 bridgehead atoms. The van der Waals surface area contributed by atoms with Crippen molar-refractivity contribution in [2.45, 2.75) is 6.92 Å². The fourth-order valence-electron chi connectivity index (χ4n) is 2.28. The van der Waals surface area contributed by atoms with Crippen molar-refractivity contribution in [1.82, 2.24) is 9.97 Å². The van der Waals surface area contributed by atoms with Crippen LogP contribution in [0, 0.1) is 6.92 Å². The van der Waals surface area contributed by atoms with E-state index in [1.54, 1.807) is 6.08 Å². The van der Waals surface area contributed by atoms with Crippen LogP contribution in [0.5, 0.6) is 0 Å². The average Bonchev–Trinajstić information content (AvgIpc) is 2.79. The van der Waals surface area contributed by atoms with Gasteiger partial charge in [0.1, 0.15) is 0 Å². The second-order valence-corrected chi connectivity index (χ2v) is 4.57. The Kier molecular flexibility index (Phi) is 2.60. The van der Waals surface area contributed by atoms with Crippen molar-refractivity contribution in [3.8, 4) is 11.3 Å². The first-order valence-corrected chi connectivity index (χ1v) is 6.13. The number of rotatable bonds is 2. The van der Waals surface area contributed by atoms with Crippen molar-refractivity contribution >= 4 is 17.0 Å². The van der Waals surface area contributed by atoms with Gasteiger partial charge in [-0.05, 0) is 36.1 Å². The second kappa shape index (κ2) is 4.28. The van der Waals surface area contributed by atoms with Gasteiger partial charge in [0.05, 0.1) is 11.3 Å². The van der Waals surface area contributed by atoms with E-state index in [-0.39, 0.29) is 5.56 Å². The van der Waals surface area contributed by atoms with Gasteiger partial charge in [-0.3, -0.25) is 4.79 Å². The van der Waals surface area contributed by atoms with Gasteiger partial charge in [-0.1, -0.05) is 30.9 Å². The number of aromatic amines is 2. The van der Waals surface area contributed by atoms with Gasteiger partial charge in [0, 0.05) is 11.2 Å². The van der Waals surface area contributed by atoms with Crippen LogP contribution >= 0.6 is 0 Å². The number of H-pyrrole nitrogens is 2. The van der Waals surface area contributed by atoms with Crippen LogP contribution in [0.25, 0.3) is 28.2 Å². The van der Waals surface area contributed by atoms with Crippen LogP contribution in [0.15, 0.2) is 47.8 Å². The molecular formula is C16H14N2O. The number of fused-ring (bicyclic) bond motifs is 1. The molecule has 3 heteroatoms. The van der Waals surface area contributed by atoms with E-state index in [0.717, 1.165) is 27.9 Å². The lowest BCUT2D eigenvalue weighted by Gasteiger charge is -2.01. The quantitative estimate of drug-likeness (QED) is 0.718. The molecular weight excluding hydrogens is 236 g/mol. The van der Waals surface area contributed by atoms with Crippen LogP contribution in [0.3, 0.4) is 0 Å². The predicted molar refractivity (Wildman–Crippen MR) is 79.2 cm³/mol. The average molecular weight is 250 g/mol. The van der Waals surface area contributed by atoms with Crippen molar-refractivity contribution < 1.29 is 0 Å². The van der Waals surface area contributed by atoms with E-state index in [9.17, 15) is 4.79 Å². The SMILES string of the molecule is C=Cc1cc(-c2cc3ccccc3[nH]c2=O)[nH]c1C. The number of benzene rings is 1. The summed E-state index contributed by atoms with van der Waals surface area (Å²) in [5.41, 5.74) is 4.26. The summed E-state index contributed by atoms with van der Waals surface area (Å²) in [4.78, 5) is 18.3. The minimum Gasteiger partial charge on any atom is -0.358 e. The number of aryl methyl sites for hydroxylation is 1. The molecule has 2 N–H and O–H groups in total. The molecule has 2 aromatic heterocycles. The fourth-order valence-corrected chi connectivity index (χ4v) is 2.28. The van der Waals surface area contributed by atoms with Gasteiger partial charge >= 0.3 is 0 Å². The molecule has 3 nitrogen and oxygen atoms in total. The van der Waals surface area contributed by atoms with E-state index < -0.39 is 0 Å². The molecule has 0 aliphatic rings. The Morgan fingerprint density at radius 2 is 1.95 bits per heavy atom. The minimum absolute atomic E-state index is 0.0874. The van der Waals surface area contributed by atoms with Crippen molar-refractivity contribution in [3.05, 3.63) is 64.6 Å². The number of pyridine rings is 1. The Bertz CT molecular complexity index is 824. The molecule has 0 saturated heterocycles. The highest BCUT2D eigenvalue weighted by molar-refractivity contribution is 5.83. The summed E-state index contributed by atoms with van der Waals surface area (Å²) in [5, 5.41) is 1.02. The predicted octanol–water partition coefficient (Wildman–Crippen LogP) is 3.47. The Labute approximate surface area is 110 Å². The molecule has 0 fully saturated rings. The maximum Gasteiger partial charge on any atom is 0.257 e. The van der Waals surface area contributed by atoms with Crippen LogP contribution in [0.4, 0.5) is 0 Å². The number of para-hydroxylation sites is 1. The first kappa shape index (κ1) is 11.5. The summed E-state index contributed by atoms with van der Waals surface area (Å²) in [5.74, 6) is 0. The molecule has 0 amide bonds. The number of nitrogens with one attached hydrogen (secondary N) is 2. The monoisotopic (exact) mass is 250 g/mol. The Hall–Kier alpha value is -2.55. The molecule has 0 saturated carbocycles. The first-order chi connectivity index (χ1) is 9.19. The zero-order valence-electron chi connectivity index (χ0n) is 10.7. The highest BCUT2D eigenvalue weighted by atomic mass is 16.1. The molecule has 0 atom stereocenters. The Morgan fingerprint density at radius 3 is 2.68 bits per heavy atom. The summed E-state index contributed by atoms with van der Waals surface area (Å²) in [6.45, 7) is 5.73. The van der Waals surface area contributed by atoms with Gasteiger partial charge in [-0.25, -0.2) is 0 Å². The lowest BCUT2D eigenvalue weighted by atomic mass is 10.1. The van der Waals surface area contributed by atoms with E-state index in [0.29, 0.717) is 5.56 Å². The van der Waals surface area contributed by atoms with Gasteiger partial charge in [-0.2, -0.15) is 0 Å². The van der Waals surface area contributed by atoms with Crippen LogP contribution in [-0.2, 0) is 0 Å². The number of aromatic nitrogens is 2. The Balaban J connectivity index is 2.26. The molecule has 3 aromatic rings. The lowest BCUT2D eigenvalue weighted by molar-refractivity contribution is 1.24. The molecule has 0 aliphatic carbocycles. The zero-order chi connectivity index (χ0) is 13.4. The largest absolute Gasteiger partial charge is 0.358 e. The van der Waals surface area contributed by atoms with Gasteiger partial charge in [0.25, 0.3) is 5.56 Å². The minimum atomic E-state index is -0.0874. The molecule has 2 heterocycles. The maximum atomic E-state index is 12.1. The van der Waals surface area contributed by atoms with Crippen molar-refractivity contribution in [3.63, 3.8) is 0 Å². The third-order valence-electron chi connectivity index (χ3n) is 3.32. The smallest absolute Gasteiger partial charge is 0.257 e. The third kappa shape index (κ3) is 1.89. The maximum absolute atomic E-state index is 12.1. The summed E-state index contributed by atoms with van der Waals surface area (Å²) < 4.78 is 0. The molecule has 0 radical (unpaired) electrons. The van der Waals surface area contributed by atoms with Crippen molar-refractivity contribution in [2.24, 2.45) is 0 Å². The van der Waals surface area contributed by atoms with Gasteiger partial charge < -0.3 is 9.97 Å². The molecule has 94 valence electrons. The zero-order valence-corrected chi connectivity index (χ0v) is 10.7. The molecule has 19 heavy (non-hydrogen) atoms. The van der Waals surface area contributed by atoms with Crippen molar-refractivity contribution in [2.75, 3.05) is 0 Å². The fraction of sp³-hybridized carbons (Fsp3) is 0.0625. The van der Waals surface area contributed by atoms with E-state index in [1.807, 2.05) is 43.3 Å². The summed E-state index contributed by atoms with van der Waals surface area (Å²) in [6.07, 6.45) is 1.78.